The van der Waals surface area contributed by atoms with Gasteiger partial charge in [-0.2, -0.15) is 11.8 Å². The Morgan fingerprint density at radius 3 is 2.81 bits per heavy atom. The van der Waals surface area contributed by atoms with Crippen molar-refractivity contribution in [2.75, 3.05) is 31.4 Å². The topological polar surface area (TPSA) is 53.5 Å². The van der Waals surface area contributed by atoms with Crippen LogP contribution in [0.4, 0.5) is 0 Å². The number of nitrogens with one attached hydrogen (secondary N) is 2. The first kappa shape index (κ1) is 21.5. The van der Waals surface area contributed by atoms with Gasteiger partial charge in [-0.1, -0.05) is 13.3 Å². The third kappa shape index (κ3) is 8.64. The van der Waals surface area contributed by atoms with E-state index in [1.54, 1.807) is 0 Å². The van der Waals surface area contributed by atoms with Crippen LogP contribution in [0, 0.1) is 0 Å². The van der Waals surface area contributed by atoms with Crippen LogP contribution in [-0.2, 0) is 10.8 Å². The largest absolute Gasteiger partial charge is 0.356 e. The summed E-state index contributed by atoms with van der Waals surface area (Å²) in [6.07, 6.45) is 7.71. The van der Waals surface area contributed by atoms with E-state index in [0.717, 1.165) is 50.4 Å². The van der Waals surface area contributed by atoms with E-state index < -0.39 is 10.8 Å². The molecule has 0 heterocycles. The summed E-state index contributed by atoms with van der Waals surface area (Å²) in [7, 11) is 1.15. The minimum absolute atomic E-state index is 0. The number of halogens is 1. The molecule has 0 amide bonds. The zero-order valence-electron chi connectivity index (χ0n) is 13.4. The molecule has 126 valence electrons. The molecule has 1 aliphatic rings. The first-order valence-electron chi connectivity index (χ1n) is 7.54. The second kappa shape index (κ2) is 13.0. The Balaban J connectivity index is 0.00000400. The molecular weight excluding hydrogens is 417 g/mol. The van der Waals surface area contributed by atoms with Gasteiger partial charge >= 0.3 is 0 Å². The van der Waals surface area contributed by atoms with E-state index in [-0.39, 0.29) is 24.0 Å². The van der Waals surface area contributed by atoms with Crippen molar-refractivity contribution in [3.05, 3.63) is 0 Å². The summed E-state index contributed by atoms with van der Waals surface area (Å²) in [4.78, 5) is 4.28. The number of hydrogen-bond acceptors (Lipinski definition) is 3. The summed E-state index contributed by atoms with van der Waals surface area (Å²) in [5.74, 6) is 2.84. The van der Waals surface area contributed by atoms with E-state index in [9.17, 15) is 4.21 Å². The molecule has 1 aliphatic carbocycles. The molecule has 0 bridgehead atoms. The minimum Gasteiger partial charge on any atom is -0.356 e. The average Bonchev–Trinajstić information content (AvgIpc) is 2.49. The SMILES string of the molecule is CCS(=O)C1CCCC(NC(=NC)NCCCSC)C1.I. The number of guanidine groups is 1. The molecule has 0 aromatic carbocycles. The van der Waals surface area contributed by atoms with Crippen LogP contribution < -0.4 is 10.6 Å². The lowest BCUT2D eigenvalue weighted by molar-refractivity contribution is 0.413. The van der Waals surface area contributed by atoms with Crippen molar-refractivity contribution in [1.82, 2.24) is 10.6 Å². The molecule has 0 aromatic heterocycles. The third-order valence-electron chi connectivity index (χ3n) is 3.66. The van der Waals surface area contributed by atoms with Crippen molar-refractivity contribution < 1.29 is 4.21 Å². The van der Waals surface area contributed by atoms with Gasteiger partial charge in [-0.15, -0.1) is 24.0 Å². The van der Waals surface area contributed by atoms with E-state index in [0.29, 0.717) is 11.3 Å². The highest BCUT2D eigenvalue weighted by molar-refractivity contribution is 14.0. The molecule has 2 N–H and O–H groups in total. The van der Waals surface area contributed by atoms with Gasteiger partial charge in [0.1, 0.15) is 0 Å². The van der Waals surface area contributed by atoms with Gasteiger partial charge in [-0.05, 0) is 37.7 Å². The van der Waals surface area contributed by atoms with Crippen molar-refractivity contribution in [2.24, 2.45) is 4.99 Å². The Bertz CT molecular complexity index is 329. The molecular formula is C14H30IN3OS2. The van der Waals surface area contributed by atoms with Crippen molar-refractivity contribution in [2.45, 2.75) is 50.3 Å². The molecule has 0 spiro atoms. The molecule has 3 unspecified atom stereocenters. The molecule has 21 heavy (non-hydrogen) atoms. The van der Waals surface area contributed by atoms with Gasteiger partial charge in [0.25, 0.3) is 0 Å². The third-order valence-corrected chi connectivity index (χ3v) is 6.10. The lowest BCUT2D eigenvalue weighted by Crippen LogP contribution is -2.46. The molecule has 1 fully saturated rings. The highest BCUT2D eigenvalue weighted by atomic mass is 127. The molecule has 3 atom stereocenters. The van der Waals surface area contributed by atoms with E-state index in [2.05, 4.69) is 21.9 Å². The van der Waals surface area contributed by atoms with Gasteiger partial charge < -0.3 is 10.6 Å². The highest BCUT2D eigenvalue weighted by Crippen LogP contribution is 2.22. The highest BCUT2D eigenvalue weighted by Gasteiger charge is 2.25. The fourth-order valence-electron chi connectivity index (χ4n) is 2.56. The van der Waals surface area contributed by atoms with E-state index in [4.69, 9.17) is 0 Å². The Labute approximate surface area is 153 Å². The van der Waals surface area contributed by atoms with Crippen molar-refractivity contribution in [3.63, 3.8) is 0 Å². The predicted octanol–water partition coefficient (Wildman–Crippen LogP) is 2.60. The molecule has 0 aliphatic heterocycles. The maximum absolute atomic E-state index is 11.9. The van der Waals surface area contributed by atoms with Gasteiger partial charge in [0.2, 0.25) is 0 Å². The summed E-state index contributed by atoms with van der Waals surface area (Å²) < 4.78 is 11.9. The molecule has 0 radical (unpaired) electrons. The molecule has 7 heteroatoms. The Morgan fingerprint density at radius 2 is 2.19 bits per heavy atom. The monoisotopic (exact) mass is 447 g/mol. The van der Waals surface area contributed by atoms with Crippen LogP contribution in [0.1, 0.15) is 39.0 Å². The summed E-state index contributed by atoms with van der Waals surface area (Å²) in [5.41, 5.74) is 0. The van der Waals surface area contributed by atoms with Crippen molar-refractivity contribution >= 4 is 52.5 Å². The normalized spacial score (nSPS) is 24.0. The van der Waals surface area contributed by atoms with Crippen LogP contribution in [0.5, 0.6) is 0 Å². The van der Waals surface area contributed by atoms with Crippen LogP contribution >= 0.6 is 35.7 Å². The molecule has 1 saturated carbocycles. The summed E-state index contributed by atoms with van der Waals surface area (Å²) in [6, 6.07) is 0.413. The predicted molar refractivity (Wildman–Crippen MR) is 108 cm³/mol. The van der Waals surface area contributed by atoms with Gasteiger partial charge in [0, 0.05) is 41.4 Å². The molecule has 0 saturated heterocycles. The average molecular weight is 447 g/mol. The van der Waals surface area contributed by atoms with E-state index in [1.165, 1.54) is 5.75 Å². The maximum atomic E-state index is 11.9. The summed E-state index contributed by atoms with van der Waals surface area (Å²) in [5, 5.41) is 7.21. The van der Waals surface area contributed by atoms with Crippen LogP contribution in [0.2, 0.25) is 0 Å². The zero-order valence-corrected chi connectivity index (χ0v) is 17.4. The van der Waals surface area contributed by atoms with E-state index >= 15 is 0 Å². The number of thioether (sulfide) groups is 1. The number of aliphatic imine (C=N–C) groups is 1. The second-order valence-electron chi connectivity index (χ2n) is 5.14. The van der Waals surface area contributed by atoms with Crippen LogP contribution in [0.15, 0.2) is 4.99 Å². The standard InChI is InChI=1S/C14H29N3OS2.HI/c1-4-20(18)13-8-5-7-12(11-13)17-14(15-2)16-9-6-10-19-3;/h12-13H,4-11H2,1-3H3,(H2,15,16,17);1H. The van der Waals surface area contributed by atoms with Gasteiger partial charge in [0.15, 0.2) is 5.96 Å². The molecule has 0 aromatic rings. The van der Waals surface area contributed by atoms with Crippen LogP contribution in [0.25, 0.3) is 0 Å². The zero-order chi connectivity index (χ0) is 14.8. The lowest BCUT2D eigenvalue weighted by atomic mass is 9.95. The summed E-state index contributed by atoms with van der Waals surface area (Å²) >= 11 is 1.87. The number of hydrogen-bond donors (Lipinski definition) is 2. The smallest absolute Gasteiger partial charge is 0.191 e. The second-order valence-corrected chi connectivity index (χ2v) is 8.14. The van der Waals surface area contributed by atoms with Crippen LogP contribution in [-0.4, -0.2) is 52.8 Å². The molecule has 1 rings (SSSR count). The van der Waals surface area contributed by atoms with Gasteiger partial charge in [-0.25, -0.2) is 0 Å². The van der Waals surface area contributed by atoms with Gasteiger partial charge in [-0.3, -0.25) is 9.20 Å². The Morgan fingerprint density at radius 1 is 1.43 bits per heavy atom. The molecule has 4 nitrogen and oxygen atoms in total. The number of nitrogens with zero attached hydrogens (tertiary/aromatic N) is 1. The van der Waals surface area contributed by atoms with Crippen molar-refractivity contribution in [1.29, 1.82) is 0 Å². The Kier molecular flexibility index (Phi) is 13.3. The fraction of sp³-hybridized carbons (Fsp3) is 0.929. The number of rotatable bonds is 7. The first-order chi connectivity index (χ1) is 9.71. The maximum Gasteiger partial charge on any atom is 0.191 e. The van der Waals surface area contributed by atoms with Crippen molar-refractivity contribution in [3.8, 4) is 0 Å². The Hall–Kier alpha value is 0.500. The lowest BCUT2D eigenvalue weighted by Gasteiger charge is -2.30. The fourth-order valence-corrected chi connectivity index (χ4v) is 4.34. The van der Waals surface area contributed by atoms with Crippen LogP contribution in [0.3, 0.4) is 0 Å². The van der Waals surface area contributed by atoms with Gasteiger partial charge in [0.05, 0.1) is 0 Å². The quantitative estimate of drug-likeness (QED) is 0.273. The van der Waals surface area contributed by atoms with E-state index in [1.807, 2.05) is 25.7 Å². The minimum atomic E-state index is -0.662. The first-order valence-corrected chi connectivity index (χ1v) is 10.3. The summed E-state index contributed by atoms with van der Waals surface area (Å²) in [6.45, 7) is 2.97.